The van der Waals surface area contributed by atoms with Crippen molar-refractivity contribution in [2.45, 2.75) is 32.2 Å². The zero-order valence-electron chi connectivity index (χ0n) is 21.3. The van der Waals surface area contributed by atoms with Crippen molar-refractivity contribution < 1.29 is 27.5 Å². The minimum atomic E-state index is -3.99. The van der Waals surface area contributed by atoms with Gasteiger partial charge >= 0.3 is 5.97 Å². The first-order valence-corrected chi connectivity index (χ1v) is 14.0. The quantitative estimate of drug-likeness (QED) is 0.323. The number of carbonyl (C=O) groups excluding carboxylic acids is 2. The van der Waals surface area contributed by atoms with Crippen LogP contribution in [0.4, 0.5) is 5.69 Å². The molecule has 4 aromatic rings. The fraction of sp³-hybridized carbons (Fsp3) is 0.222. The Morgan fingerprint density at radius 1 is 1.03 bits per heavy atom. The molecule has 1 heterocycles. The van der Waals surface area contributed by atoms with Crippen molar-refractivity contribution in [2.75, 3.05) is 18.4 Å². The Kier molecular flexibility index (Phi) is 7.98. The number of anilines is 1. The molecule has 3 aromatic carbocycles. The molecule has 9 nitrogen and oxygen atoms in total. The number of hydrogen-bond donors (Lipinski definition) is 1. The van der Waals surface area contributed by atoms with Crippen molar-refractivity contribution in [3.05, 3.63) is 82.2 Å². The highest BCUT2D eigenvalue weighted by Gasteiger charge is 2.20. The summed E-state index contributed by atoms with van der Waals surface area (Å²) in [4.78, 5) is 30.3. The first-order valence-electron chi connectivity index (χ1n) is 11.7. The standard InChI is InChI=1S/C27H27N3O6S2/c1-5-36-25(31)16-30-23-14-17(2)18(3)15-24(23)37-27(30)28-26(32)21-8-6-7-9-22(21)29-38(33,34)20-12-10-19(35-4)11-13-20/h6-15,29H,5,16H2,1-4H3. The Labute approximate surface area is 224 Å². The van der Waals surface area contributed by atoms with Crippen LogP contribution in [0.3, 0.4) is 0 Å². The van der Waals surface area contributed by atoms with E-state index in [1.165, 1.54) is 54.8 Å². The summed E-state index contributed by atoms with van der Waals surface area (Å²) in [5.74, 6) is -0.592. The fourth-order valence-electron chi connectivity index (χ4n) is 3.76. The van der Waals surface area contributed by atoms with E-state index in [1.54, 1.807) is 23.6 Å². The molecule has 0 fully saturated rings. The van der Waals surface area contributed by atoms with Crippen molar-refractivity contribution in [1.29, 1.82) is 0 Å². The van der Waals surface area contributed by atoms with Gasteiger partial charge < -0.3 is 14.0 Å². The lowest BCUT2D eigenvalue weighted by molar-refractivity contribution is -0.143. The van der Waals surface area contributed by atoms with Crippen LogP contribution in [-0.2, 0) is 26.1 Å². The normalized spacial score (nSPS) is 11.9. The maximum absolute atomic E-state index is 13.4. The van der Waals surface area contributed by atoms with Crippen molar-refractivity contribution in [2.24, 2.45) is 4.99 Å². The number of amides is 1. The second-order valence-corrected chi connectivity index (χ2v) is 11.1. The third kappa shape index (κ3) is 5.79. The highest BCUT2D eigenvalue weighted by molar-refractivity contribution is 7.92. The summed E-state index contributed by atoms with van der Waals surface area (Å²) < 4.78 is 41.2. The molecule has 0 saturated carbocycles. The van der Waals surface area contributed by atoms with E-state index in [0.717, 1.165) is 21.3 Å². The molecule has 1 amide bonds. The van der Waals surface area contributed by atoms with E-state index < -0.39 is 21.9 Å². The predicted octanol–water partition coefficient (Wildman–Crippen LogP) is 4.43. The van der Waals surface area contributed by atoms with E-state index in [9.17, 15) is 18.0 Å². The molecule has 4 rings (SSSR count). The molecule has 11 heteroatoms. The number of thiazole rings is 1. The number of rotatable bonds is 8. The Morgan fingerprint density at radius 3 is 2.39 bits per heavy atom. The number of methoxy groups -OCH3 is 1. The smallest absolute Gasteiger partial charge is 0.326 e. The number of benzene rings is 3. The molecule has 198 valence electrons. The lowest BCUT2D eigenvalue weighted by Crippen LogP contribution is -2.23. The molecule has 0 aliphatic carbocycles. The lowest BCUT2D eigenvalue weighted by Gasteiger charge is -2.11. The fourth-order valence-corrected chi connectivity index (χ4v) is 5.95. The molecular weight excluding hydrogens is 526 g/mol. The van der Waals surface area contributed by atoms with Crippen LogP contribution in [-0.4, -0.2) is 38.6 Å². The van der Waals surface area contributed by atoms with Crippen molar-refractivity contribution >= 4 is 49.1 Å². The average molecular weight is 554 g/mol. The second kappa shape index (κ2) is 11.2. The van der Waals surface area contributed by atoms with E-state index in [2.05, 4.69) is 9.71 Å². The van der Waals surface area contributed by atoms with Crippen LogP contribution in [0.15, 0.2) is 70.6 Å². The van der Waals surface area contributed by atoms with Crippen LogP contribution < -0.4 is 14.3 Å². The molecule has 0 radical (unpaired) electrons. The van der Waals surface area contributed by atoms with Gasteiger partial charge in [0.05, 0.1) is 40.1 Å². The van der Waals surface area contributed by atoms with Crippen molar-refractivity contribution in [1.82, 2.24) is 4.57 Å². The van der Waals surface area contributed by atoms with E-state index in [4.69, 9.17) is 9.47 Å². The van der Waals surface area contributed by atoms with Crippen LogP contribution in [0.25, 0.3) is 10.2 Å². The lowest BCUT2D eigenvalue weighted by atomic mass is 10.1. The van der Waals surface area contributed by atoms with Gasteiger partial charge in [0.15, 0.2) is 4.80 Å². The van der Waals surface area contributed by atoms with E-state index in [0.29, 0.717) is 10.6 Å². The second-order valence-electron chi connectivity index (χ2n) is 8.42. The number of aryl methyl sites for hydroxylation is 2. The van der Waals surface area contributed by atoms with Crippen LogP contribution in [0.5, 0.6) is 5.75 Å². The molecule has 0 bridgehead atoms. The molecule has 0 aliphatic rings. The summed E-state index contributed by atoms with van der Waals surface area (Å²) in [7, 11) is -2.50. The van der Waals surface area contributed by atoms with E-state index >= 15 is 0 Å². The maximum atomic E-state index is 13.4. The first kappa shape index (κ1) is 27.1. The first-order chi connectivity index (χ1) is 18.1. The van der Waals surface area contributed by atoms with Crippen molar-refractivity contribution in [3.8, 4) is 5.75 Å². The third-order valence-electron chi connectivity index (χ3n) is 5.86. The monoisotopic (exact) mass is 553 g/mol. The Hall–Kier alpha value is -3.96. The van der Waals surface area contributed by atoms with Crippen molar-refractivity contribution in [3.63, 3.8) is 0 Å². The number of carbonyl (C=O) groups is 2. The van der Waals surface area contributed by atoms with Gasteiger partial charge in [-0.3, -0.25) is 14.3 Å². The van der Waals surface area contributed by atoms with Gasteiger partial charge in [-0.25, -0.2) is 8.42 Å². The molecule has 0 aliphatic heterocycles. The molecule has 1 N–H and O–H groups in total. The third-order valence-corrected chi connectivity index (χ3v) is 8.28. The zero-order valence-corrected chi connectivity index (χ0v) is 23.0. The highest BCUT2D eigenvalue weighted by Crippen LogP contribution is 2.24. The molecule has 0 unspecified atom stereocenters. The summed E-state index contributed by atoms with van der Waals surface area (Å²) in [6.45, 7) is 5.78. The number of hydrogen-bond acceptors (Lipinski definition) is 7. The SMILES string of the molecule is CCOC(=O)Cn1c(=NC(=O)c2ccccc2NS(=O)(=O)c2ccc(OC)cc2)sc2cc(C)c(C)cc21. The summed E-state index contributed by atoms with van der Waals surface area (Å²) in [6, 6.07) is 16.1. The van der Waals surface area contributed by atoms with Crippen LogP contribution >= 0.6 is 11.3 Å². The van der Waals surface area contributed by atoms with Crippen LogP contribution in [0.1, 0.15) is 28.4 Å². The van der Waals surface area contributed by atoms with Gasteiger partial charge in [-0.05, 0) is 80.4 Å². The summed E-state index contributed by atoms with van der Waals surface area (Å²) >= 11 is 1.27. The topological polar surface area (TPSA) is 116 Å². The number of nitrogens with zero attached hydrogens (tertiary/aromatic N) is 2. The Bertz CT molecular complexity index is 1690. The maximum Gasteiger partial charge on any atom is 0.326 e. The zero-order chi connectivity index (χ0) is 27.4. The molecule has 0 saturated heterocycles. The van der Waals surface area contributed by atoms with E-state index in [1.807, 2.05) is 26.0 Å². The van der Waals surface area contributed by atoms with Gasteiger partial charge in [-0.15, -0.1) is 0 Å². The highest BCUT2D eigenvalue weighted by atomic mass is 32.2. The molecule has 1 aromatic heterocycles. The summed E-state index contributed by atoms with van der Waals surface area (Å²) in [5.41, 5.74) is 3.01. The van der Waals surface area contributed by atoms with Gasteiger partial charge in [0.2, 0.25) is 0 Å². The Morgan fingerprint density at radius 2 is 1.71 bits per heavy atom. The number of para-hydroxylation sites is 1. The van der Waals surface area contributed by atoms with Gasteiger partial charge in [-0.1, -0.05) is 23.5 Å². The number of fused-ring (bicyclic) bond motifs is 1. The number of aromatic nitrogens is 1. The van der Waals surface area contributed by atoms with Crippen LogP contribution in [0.2, 0.25) is 0 Å². The number of nitrogens with one attached hydrogen (secondary N) is 1. The largest absolute Gasteiger partial charge is 0.497 e. The average Bonchev–Trinajstić information content (AvgIpc) is 3.19. The number of ether oxygens (including phenoxy) is 2. The van der Waals surface area contributed by atoms with Gasteiger partial charge in [0.1, 0.15) is 12.3 Å². The minimum Gasteiger partial charge on any atom is -0.497 e. The number of sulfonamides is 1. The molecule has 0 spiro atoms. The molecule has 38 heavy (non-hydrogen) atoms. The predicted molar refractivity (Wildman–Crippen MR) is 146 cm³/mol. The minimum absolute atomic E-state index is 0.0139. The van der Waals surface area contributed by atoms with Gasteiger partial charge in [0.25, 0.3) is 15.9 Å². The summed E-state index contributed by atoms with van der Waals surface area (Å²) in [5, 5.41) is 0. The van der Waals surface area contributed by atoms with Gasteiger partial charge in [-0.2, -0.15) is 4.99 Å². The summed E-state index contributed by atoms with van der Waals surface area (Å²) in [6.07, 6.45) is 0. The molecule has 0 atom stereocenters. The molecular formula is C27H27N3O6S2. The van der Waals surface area contributed by atoms with Crippen LogP contribution in [0, 0.1) is 13.8 Å². The Balaban J connectivity index is 1.75. The van der Waals surface area contributed by atoms with Gasteiger partial charge in [0, 0.05) is 0 Å². The number of esters is 1. The van der Waals surface area contributed by atoms with E-state index in [-0.39, 0.29) is 29.3 Å².